The second kappa shape index (κ2) is 7.99. The fourth-order valence-electron chi connectivity index (χ4n) is 2.43. The van der Waals surface area contributed by atoms with Crippen molar-refractivity contribution in [3.05, 3.63) is 81.5 Å². The maximum Gasteiger partial charge on any atom is 0.135 e. The number of benzene rings is 2. The Hall–Kier alpha value is -1.59. The van der Waals surface area contributed by atoms with Crippen LogP contribution in [-0.4, -0.2) is 11.7 Å². The average Bonchev–Trinajstić information content (AvgIpc) is 3.04. The van der Waals surface area contributed by atoms with E-state index in [-0.39, 0.29) is 0 Å². The number of nitrogens with one attached hydrogen (secondary N) is 1. The first-order valence-corrected chi connectivity index (χ1v) is 8.78. The Kier molecular flexibility index (Phi) is 5.74. The molecular weight excluding hydrogens is 390 g/mol. The van der Waals surface area contributed by atoms with Crippen LogP contribution in [0.5, 0.6) is 0 Å². The minimum atomic E-state index is -0.540. The SMILES string of the molecule is OC(CNCc1ccc(-c2ccc(Br)cc2Cl)o1)c1ccccc1. The summed E-state index contributed by atoms with van der Waals surface area (Å²) < 4.78 is 6.76. The predicted molar refractivity (Wildman–Crippen MR) is 100.0 cm³/mol. The average molecular weight is 407 g/mol. The van der Waals surface area contributed by atoms with Gasteiger partial charge in [-0.1, -0.05) is 57.9 Å². The van der Waals surface area contributed by atoms with Gasteiger partial charge >= 0.3 is 0 Å². The highest BCUT2D eigenvalue weighted by Gasteiger charge is 2.10. The molecule has 24 heavy (non-hydrogen) atoms. The number of furan rings is 1. The van der Waals surface area contributed by atoms with Crippen LogP contribution in [0, 0.1) is 0 Å². The largest absolute Gasteiger partial charge is 0.460 e. The van der Waals surface area contributed by atoms with Crippen molar-refractivity contribution in [3.63, 3.8) is 0 Å². The van der Waals surface area contributed by atoms with Gasteiger partial charge in [-0.2, -0.15) is 0 Å². The lowest BCUT2D eigenvalue weighted by Gasteiger charge is -2.11. The topological polar surface area (TPSA) is 45.4 Å². The zero-order chi connectivity index (χ0) is 16.9. The molecule has 0 fully saturated rings. The quantitative estimate of drug-likeness (QED) is 0.592. The van der Waals surface area contributed by atoms with E-state index in [1.807, 2.05) is 60.7 Å². The number of rotatable bonds is 6. The third kappa shape index (κ3) is 4.28. The van der Waals surface area contributed by atoms with Crippen LogP contribution < -0.4 is 5.32 Å². The van der Waals surface area contributed by atoms with E-state index in [9.17, 15) is 5.11 Å². The van der Waals surface area contributed by atoms with E-state index in [1.165, 1.54) is 0 Å². The molecule has 0 saturated carbocycles. The summed E-state index contributed by atoms with van der Waals surface area (Å²) >= 11 is 9.64. The molecule has 0 aliphatic heterocycles. The molecule has 0 amide bonds. The molecule has 1 heterocycles. The van der Waals surface area contributed by atoms with Crippen molar-refractivity contribution in [1.29, 1.82) is 0 Å². The Bertz CT molecular complexity index is 804. The summed E-state index contributed by atoms with van der Waals surface area (Å²) in [6, 6.07) is 19.1. The van der Waals surface area contributed by atoms with E-state index in [1.54, 1.807) is 0 Å². The molecule has 0 spiro atoms. The summed E-state index contributed by atoms with van der Waals surface area (Å²) in [6.45, 7) is 0.997. The van der Waals surface area contributed by atoms with Crippen LogP contribution >= 0.6 is 27.5 Å². The van der Waals surface area contributed by atoms with Gasteiger partial charge in [0.1, 0.15) is 11.5 Å². The molecule has 0 bridgehead atoms. The standard InChI is InChI=1S/C19H17BrClNO2/c20-14-6-8-16(17(21)10-14)19-9-7-15(24-19)11-22-12-18(23)13-4-2-1-3-5-13/h1-10,18,22-23H,11-12H2. The molecule has 2 N–H and O–H groups in total. The van der Waals surface area contributed by atoms with Gasteiger partial charge in [0.05, 0.1) is 17.7 Å². The van der Waals surface area contributed by atoms with Gasteiger partial charge in [-0.05, 0) is 35.9 Å². The van der Waals surface area contributed by atoms with Crippen molar-refractivity contribution in [2.24, 2.45) is 0 Å². The van der Waals surface area contributed by atoms with Gasteiger partial charge < -0.3 is 14.8 Å². The van der Waals surface area contributed by atoms with Gasteiger partial charge in [-0.15, -0.1) is 0 Å². The lowest BCUT2D eigenvalue weighted by Crippen LogP contribution is -2.20. The monoisotopic (exact) mass is 405 g/mol. The molecule has 3 nitrogen and oxygen atoms in total. The number of aliphatic hydroxyl groups excluding tert-OH is 1. The maximum absolute atomic E-state index is 10.1. The van der Waals surface area contributed by atoms with Crippen LogP contribution in [0.25, 0.3) is 11.3 Å². The Labute approximate surface area is 154 Å². The van der Waals surface area contributed by atoms with Gasteiger partial charge in [0.2, 0.25) is 0 Å². The Balaban J connectivity index is 1.58. The minimum absolute atomic E-state index is 0.457. The lowest BCUT2D eigenvalue weighted by atomic mass is 10.1. The fraction of sp³-hybridized carbons (Fsp3) is 0.158. The van der Waals surface area contributed by atoms with E-state index in [0.29, 0.717) is 18.1 Å². The lowest BCUT2D eigenvalue weighted by molar-refractivity contribution is 0.173. The van der Waals surface area contributed by atoms with Gasteiger partial charge in [0.25, 0.3) is 0 Å². The Morgan fingerprint density at radius 2 is 1.88 bits per heavy atom. The van der Waals surface area contributed by atoms with Crippen molar-refractivity contribution in [1.82, 2.24) is 5.32 Å². The second-order valence-electron chi connectivity index (χ2n) is 5.45. The van der Waals surface area contributed by atoms with Crippen LogP contribution in [0.15, 0.2) is 69.6 Å². The van der Waals surface area contributed by atoms with E-state index >= 15 is 0 Å². The molecule has 3 aromatic rings. The van der Waals surface area contributed by atoms with Crippen LogP contribution in [0.1, 0.15) is 17.4 Å². The summed E-state index contributed by atoms with van der Waals surface area (Å²) in [5, 5.41) is 14.0. The maximum atomic E-state index is 10.1. The molecule has 0 aliphatic rings. The van der Waals surface area contributed by atoms with Crippen molar-refractivity contribution in [3.8, 4) is 11.3 Å². The molecule has 3 rings (SSSR count). The highest BCUT2D eigenvalue weighted by Crippen LogP contribution is 2.31. The first-order valence-electron chi connectivity index (χ1n) is 7.61. The molecule has 0 saturated heterocycles. The van der Waals surface area contributed by atoms with Gasteiger partial charge in [-0.3, -0.25) is 0 Å². The normalized spacial score (nSPS) is 12.3. The zero-order valence-electron chi connectivity index (χ0n) is 12.9. The number of halogens is 2. The van der Waals surface area contributed by atoms with Crippen LogP contribution in [0.3, 0.4) is 0 Å². The van der Waals surface area contributed by atoms with Gasteiger partial charge in [-0.25, -0.2) is 0 Å². The third-order valence-electron chi connectivity index (χ3n) is 3.68. The smallest absolute Gasteiger partial charge is 0.135 e. The highest BCUT2D eigenvalue weighted by atomic mass is 79.9. The van der Waals surface area contributed by atoms with Gasteiger partial charge in [0, 0.05) is 16.6 Å². The van der Waals surface area contributed by atoms with E-state index in [4.69, 9.17) is 16.0 Å². The van der Waals surface area contributed by atoms with Crippen molar-refractivity contribution >= 4 is 27.5 Å². The second-order valence-corrected chi connectivity index (χ2v) is 6.77. The Morgan fingerprint density at radius 3 is 2.62 bits per heavy atom. The van der Waals surface area contributed by atoms with E-state index in [0.717, 1.165) is 27.1 Å². The minimum Gasteiger partial charge on any atom is -0.460 e. The van der Waals surface area contributed by atoms with Gasteiger partial charge in [0.15, 0.2) is 0 Å². The summed E-state index contributed by atoms with van der Waals surface area (Å²) in [7, 11) is 0. The van der Waals surface area contributed by atoms with Crippen molar-refractivity contribution < 1.29 is 9.52 Å². The predicted octanol–water partition coefficient (Wildman–Crippen LogP) is 5.19. The first kappa shape index (κ1) is 17.2. The van der Waals surface area contributed by atoms with E-state index < -0.39 is 6.10 Å². The molecule has 1 atom stereocenters. The van der Waals surface area contributed by atoms with E-state index in [2.05, 4.69) is 21.2 Å². The van der Waals surface area contributed by atoms with Crippen LogP contribution in [0.2, 0.25) is 5.02 Å². The molecular formula is C19H17BrClNO2. The zero-order valence-corrected chi connectivity index (χ0v) is 15.2. The number of hydrogen-bond donors (Lipinski definition) is 2. The molecule has 5 heteroatoms. The number of hydrogen-bond acceptors (Lipinski definition) is 3. The number of aliphatic hydroxyl groups is 1. The van der Waals surface area contributed by atoms with Crippen LogP contribution in [-0.2, 0) is 6.54 Å². The summed E-state index contributed by atoms with van der Waals surface area (Å²) in [5.74, 6) is 1.53. The summed E-state index contributed by atoms with van der Waals surface area (Å²) in [5.41, 5.74) is 1.75. The molecule has 1 unspecified atom stereocenters. The molecule has 2 aromatic carbocycles. The molecule has 0 radical (unpaired) electrons. The highest BCUT2D eigenvalue weighted by molar-refractivity contribution is 9.10. The van der Waals surface area contributed by atoms with Crippen LogP contribution in [0.4, 0.5) is 0 Å². The van der Waals surface area contributed by atoms with Crippen molar-refractivity contribution in [2.75, 3.05) is 6.54 Å². The summed E-state index contributed by atoms with van der Waals surface area (Å²) in [4.78, 5) is 0. The first-order chi connectivity index (χ1) is 11.6. The molecule has 1 aromatic heterocycles. The molecule has 0 aliphatic carbocycles. The Morgan fingerprint density at radius 1 is 1.08 bits per heavy atom. The third-order valence-corrected chi connectivity index (χ3v) is 4.49. The molecule has 124 valence electrons. The summed E-state index contributed by atoms with van der Waals surface area (Å²) in [6.07, 6.45) is -0.540. The fourth-order valence-corrected chi connectivity index (χ4v) is 3.20. The van der Waals surface area contributed by atoms with Crippen molar-refractivity contribution in [2.45, 2.75) is 12.6 Å².